The van der Waals surface area contributed by atoms with Crippen molar-refractivity contribution < 1.29 is 4.79 Å². The molecule has 1 atom stereocenters. The van der Waals surface area contributed by atoms with Crippen molar-refractivity contribution in [3.63, 3.8) is 0 Å². The Labute approximate surface area is 115 Å². The van der Waals surface area contributed by atoms with Crippen LogP contribution in [0.5, 0.6) is 0 Å². The smallest absolute Gasteiger partial charge is 0.273 e. The van der Waals surface area contributed by atoms with Crippen molar-refractivity contribution in [3.8, 4) is 0 Å². The summed E-state index contributed by atoms with van der Waals surface area (Å²) in [6.45, 7) is 1.50. The van der Waals surface area contributed by atoms with Crippen LogP contribution < -0.4 is 0 Å². The number of amides is 1. The van der Waals surface area contributed by atoms with Gasteiger partial charge in [0, 0.05) is 43.0 Å². The monoisotopic (exact) mass is 274 g/mol. The van der Waals surface area contributed by atoms with Crippen LogP contribution in [0.25, 0.3) is 0 Å². The summed E-state index contributed by atoms with van der Waals surface area (Å²) in [6, 6.07) is 0. The van der Waals surface area contributed by atoms with Crippen molar-refractivity contribution in [1.29, 1.82) is 0 Å². The Balaban J connectivity index is 1.73. The number of carbonyl (C=O) groups excluding carboxylic acids is 1. The minimum Gasteiger partial charge on any atom is -0.337 e. The van der Waals surface area contributed by atoms with Gasteiger partial charge in [0.15, 0.2) is 0 Å². The number of rotatable bonds is 2. The van der Waals surface area contributed by atoms with Gasteiger partial charge in [0.05, 0.1) is 11.2 Å². The molecule has 5 nitrogen and oxygen atoms in total. The van der Waals surface area contributed by atoms with E-state index in [1.54, 1.807) is 29.5 Å². The second-order valence-corrected chi connectivity index (χ2v) is 5.31. The topological polar surface area (TPSA) is 59.0 Å². The number of hydrogen-bond acceptors (Lipinski definition) is 5. The zero-order valence-corrected chi connectivity index (χ0v) is 11.2. The summed E-state index contributed by atoms with van der Waals surface area (Å²) >= 11 is 1.45. The summed E-state index contributed by atoms with van der Waals surface area (Å²) in [4.78, 5) is 26.7. The molecule has 2 aromatic heterocycles. The predicted octanol–water partition coefficient (Wildman–Crippen LogP) is 1.95. The van der Waals surface area contributed by atoms with Gasteiger partial charge in [-0.2, -0.15) is 0 Å². The molecule has 1 fully saturated rings. The van der Waals surface area contributed by atoms with Gasteiger partial charge >= 0.3 is 0 Å². The van der Waals surface area contributed by atoms with Crippen molar-refractivity contribution in [2.75, 3.05) is 13.1 Å². The molecule has 0 saturated carbocycles. The lowest BCUT2D eigenvalue weighted by molar-refractivity contribution is 0.0700. The molecular weight excluding hydrogens is 260 g/mol. The van der Waals surface area contributed by atoms with Crippen LogP contribution in [-0.2, 0) is 0 Å². The third-order valence-electron chi connectivity index (χ3n) is 3.36. The zero-order chi connectivity index (χ0) is 13.1. The van der Waals surface area contributed by atoms with Crippen LogP contribution >= 0.6 is 11.3 Å². The maximum atomic E-state index is 12.3. The molecule has 0 spiro atoms. The molecule has 3 heterocycles. The average Bonchev–Trinajstić information content (AvgIpc) is 3.02. The quantitative estimate of drug-likeness (QED) is 0.840. The van der Waals surface area contributed by atoms with E-state index in [0.717, 1.165) is 25.1 Å². The van der Waals surface area contributed by atoms with Crippen molar-refractivity contribution in [3.05, 3.63) is 40.9 Å². The molecule has 3 rings (SSSR count). The van der Waals surface area contributed by atoms with E-state index in [-0.39, 0.29) is 11.8 Å². The number of aromatic nitrogens is 3. The second-order valence-electron chi connectivity index (χ2n) is 4.59. The SMILES string of the molecule is O=C(c1cscn1)N1CCCC(c2cnccn2)C1. The van der Waals surface area contributed by atoms with E-state index in [0.29, 0.717) is 12.2 Å². The van der Waals surface area contributed by atoms with Crippen LogP contribution in [-0.4, -0.2) is 38.8 Å². The fourth-order valence-electron chi connectivity index (χ4n) is 2.40. The molecule has 1 amide bonds. The highest BCUT2D eigenvalue weighted by atomic mass is 32.1. The lowest BCUT2D eigenvalue weighted by Crippen LogP contribution is -2.39. The van der Waals surface area contributed by atoms with Gasteiger partial charge in [-0.1, -0.05) is 0 Å². The van der Waals surface area contributed by atoms with Gasteiger partial charge in [-0.05, 0) is 12.8 Å². The Morgan fingerprint density at radius 2 is 2.32 bits per heavy atom. The predicted molar refractivity (Wildman–Crippen MR) is 72.0 cm³/mol. The Hall–Kier alpha value is -1.82. The van der Waals surface area contributed by atoms with E-state index in [9.17, 15) is 4.79 Å². The molecule has 0 bridgehead atoms. The van der Waals surface area contributed by atoms with E-state index in [1.807, 2.05) is 4.90 Å². The van der Waals surface area contributed by atoms with E-state index in [1.165, 1.54) is 11.3 Å². The largest absolute Gasteiger partial charge is 0.337 e. The van der Waals surface area contributed by atoms with Crippen LogP contribution in [0.2, 0.25) is 0 Å². The minimum atomic E-state index is 0.0230. The highest BCUT2D eigenvalue weighted by molar-refractivity contribution is 7.07. The van der Waals surface area contributed by atoms with Crippen LogP contribution in [0.1, 0.15) is 34.9 Å². The maximum absolute atomic E-state index is 12.3. The molecule has 0 radical (unpaired) electrons. The van der Waals surface area contributed by atoms with Gasteiger partial charge in [-0.25, -0.2) is 4.98 Å². The van der Waals surface area contributed by atoms with Gasteiger partial charge in [-0.15, -0.1) is 11.3 Å². The highest BCUT2D eigenvalue weighted by Crippen LogP contribution is 2.25. The molecule has 0 N–H and O–H groups in total. The molecular formula is C13H14N4OS. The Morgan fingerprint density at radius 1 is 1.37 bits per heavy atom. The lowest BCUT2D eigenvalue weighted by atomic mass is 9.95. The third-order valence-corrected chi connectivity index (χ3v) is 3.95. The first-order valence-corrected chi connectivity index (χ1v) is 7.22. The van der Waals surface area contributed by atoms with Gasteiger partial charge in [0.2, 0.25) is 0 Å². The Kier molecular flexibility index (Phi) is 3.50. The molecule has 19 heavy (non-hydrogen) atoms. The summed E-state index contributed by atoms with van der Waals surface area (Å²) in [7, 11) is 0. The van der Waals surface area contributed by atoms with Crippen LogP contribution in [0.3, 0.4) is 0 Å². The van der Waals surface area contributed by atoms with Crippen molar-refractivity contribution in [1.82, 2.24) is 19.9 Å². The standard InChI is InChI=1S/C13H14N4OS/c18-13(12-8-19-9-16-12)17-5-1-2-10(7-17)11-6-14-3-4-15-11/h3-4,6,8-10H,1-2,5,7H2. The van der Waals surface area contributed by atoms with Crippen LogP contribution in [0.4, 0.5) is 0 Å². The number of thiazole rings is 1. The summed E-state index contributed by atoms with van der Waals surface area (Å²) < 4.78 is 0. The van der Waals surface area contributed by atoms with E-state index in [4.69, 9.17) is 0 Å². The Bertz CT molecular complexity index is 543. The third kappa shape index (κ3) is 2.63. The van der Waals surface area contributed by atoms with Gasteiger partial charge < -0.3 is 4.90 Å². The summed E-state index contributed by atoms with van der Waals surface area (Å²) in [6.07, 6.45) is 7.22. The van der Waals surface area contributed by atoms with E-state index < -0.39 is 0 Å². The molecule has 6 heteroatoms. The zero-order valence-electron chi connectivity index (χ0n) is 10.4. The maximum Gasteiger partial charge on any atom is 0.273 e. The number of piperidine rings is 1. The van der Waals surface area contributed by atoms with Crippen LogP contribution in [0.15, 0.2) is 29.5 Å². The second kappa shape index (κ2) is 5.44. The molecule has 0 aliphatic carbocycles. The van der Waals surface area contributed by atoms with Crippen molar-refractivity contribution >= 4 is 17.2 Å². The number of likely N-dealkylation sites (tertiary alicyclic amines) is 1. The minimum absolute atomic E-state index is 0.0230. The average molecular weight is 274 g/mol. The molecule has 1 unspecified atom stereocenters. The number of hydrogen-bond donors (Lipinski definition) is 0. The van der Waals surface area contributed by atoms with Crippen LogP contribution in [0, 0.1) is 0 Å². The van der Waals surface area contributed by atoms with Gasteiger partial charge in [-0.3, -0.25) is 14.8 Å². The molecule has 1 aliphatic heterocycles. The van der Waals surface area contributed by atoms with Gasteiger partial charge in [0.1, 0.15) is 5.69 Å². The first-order chi connectivity index (χ1) is 9.34. The first-order valence-electron chi connectivity index (χ1n) is 6.28. The number of carbonyl (C=O) groups is 1. The first kappa shape index (κ1) is 12.2. The Morgan fingerprint density at radius 3 is 3.05 bits per heavy atom. The summed E-state index contributed by atoms with van der Waals surface area (Å²) in [5.74, 6) is 0.305. The van der Waals surface area contributed by atoms with Crippen molar-refractivity contribution in [2.24, 2.45) is 0 Å². The van der Waals surface area contributed by atoms with Crippen molar-refractivity contribution in [2.45, 2.75) is 18.8 Å². The van der Waals surface area contributed by atoms with E-state index >= 15 is 0 Å². The molecule has 0 aromatic carbocycles. The molecule has 1 aliphatic rings. The normalized spacial score (nSPS) is 19.4. The fraction of sp³-hybridized carbons (Fsp3) is 0.385. The van der Waals surface area contributed by atoms with Gasteiger partial charge in [0.25, 0.3) is 5.91 Å². The fourth-order valence-corrected chi connectivity index (χ4v) is 2.93. The summed E-state index contributed by atoms with van der Waals surface area (Å²) in [5, 5.41) is 1.80. The molecule has 98 valence electrons. The van der Waals surface area contributed by atoms with E-state index in [2.05, 4.69) is 15.0 Å². The summed E-state index contributed by atoms with van der Waals surface area (Å²) in [5.41, 5.74) is 3.21. The lowest BCUT2D eigenvalue weighted by Gasteiger charge is -2.31. The highest BCUT2D eigenvalue weighted by Gasteiger charge is 2.26. The molecule has 2 aromatic rings. The molecule has 1 saturated heterocycles. The number of nitrogens with zero attached hydrogens (tertiary/aromatic N) is 4.